The Morgan fingerprint density at radius 2 is 2.42 bits per heavy atom. The summed E-state index contributed by atoms with van der Waals surface area (Å²) in [5, 5.41) is 7.90. The maximum Gasteiger partial charge on any atom is 0.114 e. The van der Waals surface area contributed by atoms with Crippen LogP contribution < -0.4 is 5.32 Å². The molecular formula is C14H18N4O. The first-order chi connectivity index (χ1) is 9.40. The highest BCUT2D eigenvalue weighted by atomic mass is 16.5. The molecule has 0 saturated heterocycles. The van der Waals surface area contributed by atoms with Crippen molar-refractivity contribution < 1.29 is 4.74 Å². The second-order valence-electron chi connectivity index (χ2n) is 4.64. The minimum absolute atomic E-state index is 0.0733. The van der Waals surface area contributed by atoms with Gasteiger partial charge >= 0.3 is 0 Å². The molecule has 1 atom stereocenters. The minimum atomic E-state index is 0.0733. The third-order valence-corrected chi connectivity index (χ3v) is 3.28. The number of nitrogens with zero attached hydrogens (tertiary/aromatic N) is 3. The third kappa shape index (κ3) is 2.33. The van der Waals surface area contributed by atoms with Crippen LogP contribution in [-0.2, 0) is 4.74 Å². The van der Waals surface area contributed by atoms with Crippen molar-refractivity contribution in [1.82, 2.24) is 19.9 Å². The molecular weight excluding hydrogens is 240 g/mol. The van der Waals surface area contributed by atoms with Gasteiger partial charge in [0.15, 0.2) is 0 Å². The lowest BCUT2D eigenvalue weighted by atomic mass is 10.1. The van der Waals surface area contributed by atoms with Crippen LogP contribution in [0.15, 0.2) is 36.6 Å². The van der Waals surface area contributed by atoms with E-state index in [0.29, 0.717) is 0 Å². The normalized spacial score (nSPS) is 16.4. The van der Waals surface area contributed by atoms with E-state index in [1.54, 1.807) is 6.20 Å². The summed E-state index contributed by atoms with van der Waals surface area (Å²) in [5.41, 5.74) is 2.14. The predicted molar refractivity (Wildman–Crippen MR) is 72.7 cm³/mol. The van der Waals surface area contributed by atoms with E-state index < -0.39 is 0 Å². The Labute approximate surface area is 112 Å². The van der Waals surface area contributed by atoms with Gasteiger partial charge in [-0.2, -0.15) is 5.10 Å². The number of aromatic nitrogens is 3. The van der Waals surface area contributed by atoms with Gasteiger partial charge in [0, 0.05) is 24.4 Å². The Balaban J connectivity index is 1.98. The summed E-state index contributed by atoms with van der Waals surface area (Å²) in [6.45, 7) is 3.88. The average Bonchev–Trinajstić information content (AvgIpc) is 3.09. The van der Waals surface area contributed by atoms with Gasteiger partial charge in [0.25, 0.3) is 0 Å². The van der Waals surface area contributed by atoms with E-state index in [4.69, 9.17) is 4.74 Å². The van der Waals surface area contributed by atoms with Crippen LogP contribution in [0.1, 0.15) is 31.4 Å². The van der Waals surface area contributed by atoms with Crippen molar-refractivity contribution in [2.45, 2.75) is 25.8 Å². The second-order valence-corrected chi connectivity index (χ2v) is 4.64. The van der Waals surface area contributed by atoms with Crippen LogP contribution in [0.2, 0.25) is 0 Å². The van der Waals surface area contributed by atoms with Crippen LogP contribution >= 0.6 is 0 Å². The molecule has 0 amide bonds. The molecule has 0 spiro atoms. The van der Waals surface area contributed by atoms with Gasteiger partial charge < -0.3 is 10.1 Å². The van der Waals surface area contributed by atoms with Crippen LogP contribution in [0, 0.1) is 0 Å². The zero-order valence-corrected chi connectivity index (χ0v) is 11.0. The minimum Gasteiger partial charge on any atom is -0.496 e. The lowest BCUT2D eigenvalue weighted by molar-refractivity contribution is 0.215. The van der Waals surface area contributed by atoms with Gasteiger partial charge in [-0.3, -0.25) is 4.98 Å². The molecule has 100 valence electrons. The fourth-order valence-corrected chi connectivity index (χ4v) is 2.37. The third-order valence-electron chi connectivity index (χ3n) is 3.28. The highest BCUT2D eigenvalue weighted by Crippen LogP contribution is 2.28. The van der Waals surface area contributed by atoms with Crippen molar-refractivity contribution in [2.75, 3.05) is 13.2 Å². The van der Waals surface area contributed by atoms with Crippen LogP contribution in [0.4, 0.5) is 0 Å². The number of nitrogens with one attached hydrogen (secondary N) is 1. The van der Waals surface area contributed by atoms with Gasteiger partial charge in [-0.15, -0.1) is 0 Å². The Hall–Kier alpha value is -1.88. The van der Waals surface area contributed by atoms with Gasteiger partial charge in [-0.25, -0.2) is 4.52 Å². The topological polar surface area (TPSA) is 51.5 Å². The van der Waals surface area contributed by atoms with Crippen molar-refractivity contribution in [1.29, 1.82) is 0 Å². The Morgan fingerprint density at radius 1 is 1.47 bits per heavy atom. The molecule has 0 fully saturated rings. The van der Waals surface area contributed by atoms with Crippen molar-refractivity contribution >= 4 is 5.52 Å². The van der Waals surface area contributed by atoms with E-state index in [9.17, 15) is 0 Å². The van der Waals surface area contributed by atoms with Gasteiger partial charge in [0.2, 0.25) is 0 Å². The van der Waals surface area contributed by atoms with Crippen molar-refractivity contribution in [3.8, 4) is 0 Å². The van der Waals surface area contributed by atoms with Crippen molar-refractivity contribution in [3.05, 3.63) is 42.2 Å². The van der Waals surface area contributed by atoms with E-state index in [1.807, 2.05) is 23.1 Å². The molecule has 2 aromatic heterocycles. The first-order valence-electron chi connectivity index (χ1n) is 6.73. The van der Waals surface area contributed by atoms with E-state index in [2.05, 4.69) is 28.4 Å². The summed E-state index contributed by atoms with van der Waals surface area (Å²) in [7, 11) is 0. The molecule has 3 rings (SSSR count). The maximum absolute atomic E-state index is 5.73. The zero-order valence-electron chi connectivity index (χ0n) is 11.0. The van der Waals surface area contributed by atoms with Gasteiger partial charge in [-0.05, 0) is 19.0 Å². The number of fused-ring (bicyclic) bond motifs is 1. The summed E-state index contributed by atoms with van der Waals surface area (Å²) < 4.78 is 7.57. The lowest BCUT2D eigenvalue weighted by Crippen LogP contribution is -2.24. The van der Waals surface area contributed by atoms with Crippen LogP contribution in [0.25, 0.3) is 5.52 Å². The zero-order chi connectivity index (χ0) is 13.1. The smallest absolute Gasteiger partial charge is 0.114 e. The Kier molecular flexibility index (Phi) is 3.46. The number of rotatable bonds is 5. The number of ether oxygens (including phenoxy) is 1. The second kappa shape index (κ2) is 5.40. The molecule has 19 heavy (non-hydrogen) atoms. The molecule has 0 radical (unpaired) electrons. The molecule has 1 unspecified atom stereocenters. The fraction of sp³-hybridized carbons (Fsp3) is 0.429. The summed E-state index contributed by atoms with van der Waals surface area (Å²) in [5.74, 6) is 1.01. The molecule has 0 aliphatic carbocycles. The molecule has 1 aliphatic heterocycles. The summed E-state index contributed by atoms with van der Waals surface area (Å²) in [6, 6.07) is 0.0733. The molecule has 0 saturated carbocycles. The molecule has 1 N–H and O–H groups in total. The molecule has 0 bridgehead atoms. The van der Waals surface area contributed by atoms with Gasteiger partial charge in [0.05, 0.1) is 30.6 Å². The van der Waals surface area contributed by atoms with E-state index >= 15 is 0 Å². The fourth-order valence-electron chi connectivity index (χ4n) is 2.37. The highest BCUT2D eigenvalue weighted by molar-refractivity contribution is 5.54. The molecule has 1 aliphatic rings. The largest absolute Gasteiger partial charge is 0.496 e. The Morgan fingerprint density at radius 3 is 3.21 bits per heavy atom. The highest BCUT2D eigenvalue weighted by Gasteiger charge is 2.23. The summed E-state index contributed by atoms with van der Waals surface area (Å²) in [6.07, 6.45) is 11.6. The van der Waals surface area contributed by atoms with Crippen molar-refractivity contribution in [2.24, 2.45) is 0 Å². The summed E-state index contributed by atoms with van der Waals surface area (Å²) in [4.78, 5) is 4.19. The predicted octanol–water partition coefficient (Wildman–Crippen LogP) is 2.07. The molecule has 5 nitrogen and oxygen atoms in total. The molecule has 2 aromatic rings. The molecule has 3 heterocycles. The molecule has 5 heteroatoms. The van der Waals surface area contributed by atoms with Crippen molar-refractivity contribution in [3.63, 3.8) is 0 Å². The average molecular weight is 258 g/mol. The quantitative estimate of drug-likeness (QED) is 0.892. The van der Waals surface area contributed by atoms with E-state index in [1.165, 1.54) is 0 Å². The van der Waals surface area contributed by atoms with E-state index in [-0.39, 0.29) is 6.04 Å². The monoisotopic (exact) mass is 258 g/mol. The van der Waals surface area contributed by atoms with Crippen LogP contribution in [0.5, 0.6) is 0 Å². The number of hydrogen-bond acceptors (Lipinski definition) is 4. The standard InChI is InChI=1S/C14H18N4O/c1-2-5-16-14(13-4-3-8-19-13)11-9-17-18-7-6-15-10-12(11)18/h4,6-7,9-10,14,16H,2-3,5,8H2,1H3. The van der Waals surface area contributed by atoms with Crippen LogP contribution in [-0.4, -0.2) is 27.7 Å². The first-order valence-corrected chi connectivity index (χ1v) is 6.73. The SMILES string of the molecule is CCCNC(C1=CCCO1)c1cnn2ccncc12. The Bertz CT molecular complexity index is 590. The summed E-state index contributed by atoms with van der Waals surface area (Å²) >= 11 is 0. The first kappa shape index (κ1) is 12.2. The van der Waals surface area contributed by atoms with E-state index in [0.717, 1.165) is 42.8 Å². The maximum atomic E-state index is 5.73. The molecule has 0 aromatic carbocycles. The lowest BCUT2D eigenvalue weighted by Gasteiger charge is -2.18. The van der Waals surface area contributed by atoms with Gasteiger partial charge in [-0.1, -0.05) is 6.92 Å². The number of hydrogen-bond donors (Lipinski definition) is 1. The van der Waals surface area contributed by atoms with Gasteiger partial charge in [0.1, 0.15) is 5.76 Å². The van der Waals surface area contributed by atoms with Crippen LogP contribution in [0.3, 0.4) is 0 Å².